The molecule has 0 radical (unpaired) electrons. The van der Waals surface area contributed by atoms with Crippen LogP contribution in [0.1, 0.15) is 34.1 Å². The predicted octanol–water partition coefficient (Wildman–Crippen LogP) is 5.03. The van der Waals surface area contributed by atoms with Gasteiger partial charge in [0.15, 0.2) is 0 Å². The molecule has 150 valence electrons. The van der Waals surface area contributed by atoms with E-state index in [2.05, 4.69) is 9.98 Å². The van der Waals surface area contributed by atoms with Crippen LogP contribution < -0.4 is 0 Å². The summed E-state index contributed by atoms with van der Waals surface area (Å²) in [4.78, 5) is 21.7. The number of pyridine rings is 1. The van der Waals surface area contributed by atoms with Crippen molar-refractivity contribution in [2.24, 2.45) is 4.99 Å². The van der Waals surface area contributed by atoms with E-state index in [4.69, 9.17) is 16.3 Å². The highest BCUT2D eigenvalue weighted by atomic mass is 35.5. The minimum Gasteiger partial charge on any atom is -0.457 e. The first-order chi connectivity index (χ1) is 13.1. The fourth-order valence-electron chi connectivity index (χ4n) is 2.17. The number of carbonyl (C=O) groups is 1. The van der Waals surface area contributed by atoms with Crippen LogP contribution >= 0.6 is 11.6 Å². The summed E-state index contributed by atoms with van der Waals surface area (Å²) in [5.74, 6) is -0.689. The molecule has 0 saturated carbocycles. The number of hydrogen-bond acceptors (Lipinski definition) is 4. The summed E-state index contributed by atoms with van der Waals surface area (Å²) in [6.45, 7) is 4.13. The van der Waals surface area contributed by atoms with Gasteiger partial charge in [0.05, 0.1) is 22.6 Å². The smallest absolute Gasteiger partial charge is 0.433 e. The van der Waals surface area contributed by atoms with Crippen LogP contribution in [0.4, 0.5) is 18.9 Å². The SMILES string of the molecule is CCN(C)/C=N/c1cc(C)c(C(=O)OCc2ccnc(C(F)(F)F)c2)cc1Cl. The van der Waals surface area contributed by atoms with Gasteiger partial charge in [-0.15, -0.1) is 0 Å². The second-order valence-corrected chi connectivity index (χ2v) is 6.47. The van der Waals surface area contributed by atoms with E-state index in [0.717, 1.165) is 18.8 Å². The van der Waals surface area contributed by atoms with Gasteiger partial charge in [0.2, 0.25) is 0 Å². The number of aliphatic imine (C=N–C) groups is 1. The van der Waals surface area contributed by atoms with E-state index >= 15 is 0 Å². The van der Waals surface area contributed by atoms with Crippen molar-refractivity contribution in [3.8, 4) is 0 Å². The van der Waals surface area contributed by atoms with Gasteiger partial charge in [-0.25, -0.2) is 9.79 Å². The molecule has 0 bridgehead atoms. The Morgan fingerprint density at radius 3 is 2.71 bits per heavy atom. The zero-order chi connectivity index (χ0) is 20.9. The van der Waals surface area contributed by atoms with E-state index in [-0.39, 0.29) is 22.8 Å². The van der Waals surface area contributed by atoms with Crippen molar-refractivity contribution in [2.45, 2.75) is 26.6 Å². The van der Waals surface area contributed by atoms with E-state index in [1.54, 1.807) is 19.3 Å². The van der Waals surface area contributed by atoms with Gasteiger partial charge in [0.25, 0.3) is 0 Å². The third-order valence-electron chi connectivity index (χ3n) is 3.89. The topological polar surface area (TPSA) is 54.8 Å². The molecule has 0 aliphatic heterocycles. The zero-order valence-electron chi connectivity index (χ0n) is 15.5. The van der Waals surface area contributed by atoms with E-state index in [0.29, 0.717) is 11.3 Å². The van der Waals surface area contributed by atoms with Gasteiger partial charge in [0.1, 0.15) is 12.3 Å². The van der Waals surface area contributed by atoms with Crippen molar-refractivity contribution in [3.05, 3.63) is 57.9 Å². The van der Waals surface area contributed by atoms with E-state index < -0.39 is 17.8 Å². The van der Waals surface area contributed by atoms with Gasteiger partial charge in [-0.05, 0) is 49.2 Å². The molecule has 2 aromatic rings. The number of benzene rings is 1. The van der Waals surface area contributed by atoms with Crippen molar-refractivity contribution in [2.75, 3.05) is 13.6 Å². The number of aryl methyl sites for hydroxylation is 1. The Bertz CT molecular complexity index is 885. The molecule has 0 saturated heterocycles. The largest absolute Gasteiger partial charge is 0.457 e. The summed E-state index contributed by atoms with van der Waals surface area (Å²) in [7, 11) is 1.86. The van der Waals surface area contributed by atoms with E-state index in [1.807, 2.05) is 18.9 Å². The molecule has 0 spiro atoms. The molecule has 0 amide bonds. The minimum atomic E-state index is -4.56. The highest BCUT2D eigenvalue weighted by Gasteiger charge is 2.32. The van der Waals surface area contributed by atoms with E-state index in [9.17, 15) is 18.0 Å². The zero-order valence-corrected chi connectivity index (χ0v) is 16.3. The Balaban J connectivity index is 2.13. The second kappa shape index (κ2) is 9.05. The fourth-order valence-corrected chi connectivity index (χ4v) is 2.39. The quantitative estimate of drug-likeness (QED) is 0.378. The number of hydrogen-bond donors (Lipinski definition) is 0. The summed E-state index contributed by atoms with van der Waals surface area (Å²) in [5.41, 5.74) is 0.451. The third kappa shape index (κ3) is 5.69. The van der Waals surface area contributed by atoms with Gasteiger partial charge in [0, 0.05) is 19.8 Å². The molecule has 2 rings (SSSR count). The molecule has 1 aromatic heterocycles. The summed E-state index contributed by atoms with van der Waals surface area (Å²) >= 11 is 6.19. The normalized spacial score (nSPS) is 11.7. The summed E-state index contributed by atoms with van der Waals surface area (Å²) in [6, 6.07) is 5.28. The number of alkyl halides is 3. The van der Waals surface area contributed by atoms with Crippen molar-refractivity contribution in [3.63, 3.8) is 0 Å². The average molecular weight is 414 g/mol. The lowest BCUT2D eigenvalue weighted by Crippen LogP contribution is -2.14. The molecule has 9 heteroatoms. The predicted molar refractivity (Wildman–Crippen MR) is 101 cm³/mol. The molecule has 5 nitrogen and oxygen atoms in total. The minimum absolute atomic E-state index is 0.184. The Labute approximate surface area is 165 Å². The molecule has 1 heterocycles. The maximum absolute atomic E-state index is 12.7. The van der Waals surface area contributed by atoms with Gasteiger partial charge in [-0.2, -0.15) is 13.2 Å². The summed E-state index contributed by atoms with van der Waals surface area (Å²) in [5, 5.41) is 0.265. The van der Waals surface area contributed by atoms with Crippen molar-refractivity contribution in [1.29, 1.82) is 0 Å². The van der Waals surface area contributed by atoms with Crippen LogP contribution in [0.5, 0.6) is 0 Å². The molecule has 0 aliphatic carbocycles. The molecule has 0 aliphatic rings. The number of halogens is 4. The van der Waals surface area contributed by atoms with E-state index in [1.165, 1.54) is 12.1 Å². The van der Waals surface area contributed by atoms with Crippen molar-refractivity contribution in [1.82, 2.24) is 9.88 Å². The number of aromatic nitrogens is 1. The van der Waals surface area contributed by atoms with Crippen LogP contribution in [-0.2, 0) is 17.5 Å². The van der Waals surface area contributed by atoms with Crippen LogP contribution in [0.3, 0.4) is 0 Å². The number of carbonyl (C=O) groups excluding carboxylic acids is 1. The van der Waals surface area contributed by atoms with Crippen molar-refractivity contribution >= 4 is 29.6 Å². The average Bonchev–Trinajstić information content (AvgIpc) is 2.65. The molecule has 1 aromatic carbocycles. The highest BCUT2D eigenvalue weighted by Crippen LogP contribution is 2.30. The van der Waals surface area contributed by atoms with Crippen LogP contribution in [0.25, 0.3) is 0 Å². The first-order valence-corrected chi connectivity index (χ1v) is 8.73. The lowest BCUT2D eigenvalue weighted by Gasteiger charge is -2.11. The number of ether oxygens (including phenoxy) is 1. The first kappa shape index (κ1) is 21.7. The Morgan fingerprint density at radius 2 is 2.07 bits per heavy atom. The standard InChI is InChI=1S/C19H19ClF3N3O2/c1-4-26(3)11-25-16-7-12(2)14(9-15(16)20)18(27)28-10-13-5-6-24-17(8-13)19(21,22)23/h5-9,11H,4,10H2,1-3H3/b25-11+. The van der Waals surface area contributed by atoms with Gasteiger partial charge in [-0.1, -0.05) is 11.6 Å². The van der Waals surface area contributed by atoms with Gasteiger partial charge >= 0.3 is 12.1 Å². The van der Waals surface area contributed by atoms with Crippen LogP contribution in [0.2, 0.25) is 5.02 Å². The molecular formula is C19H19ClF3N3O2. The maximum Gasteiger partial charge on any atom is 0.433 e. The second-order valence-electron chi connectivity index (χ2n) is 6.06. The molecule has 28 heavy (non-hydrogen) atoms. The molecule has 0 fully saturated rings. The lowest BCUT2D eigenvalue weighted by molar-refractivity contribution is -0.141. The molecule has 0 atom stereocenters. The summed E-state index contributed by atoms with van der Waals surface area (Å²) in [6.07, 6.45) is -1.92. The molecular weight excluding hydrogens is 395 g/mol. The molecule has 0 unspecified atom stereocenters. The van der Waals surface area contributed by atoms with Gasteiger partial charge in [-0.3, -0.25) is 4.98 Å². The van der Waals surface area contributed by atoms with Crippen LogP contribution in [0.15, 0.2) is 35.5 Å². The van der Waals surface area contributed by atoms with Crippen LogP contribution in [-0.4, -0.2) is 35.8 Å². The summed E-state index contributed by atoms with van der Waals surface area (Å²) < 4.78 is 43.2. The Kier molecular flexibility index (Phi) is 7.01. The Hall–Kier alpha value is -2.61. The van der Waals surface area contributed by atoms with Crippen molar-refractivity contribution < 1.29 is 22.7 Å². The molecule has 0 N–H and O–H groups in total. The maximum atomic E-state index is 12.7. The first-order valence-electron chi connectivity index (χ1n) is 8.35. The third-order valence-corrected chi connectivity index (χ3v) is 4.19. The van der Waals surface area contributed by atoms with Gasteiger partial charge < -0.3 is 9.64 Å². The monoisotopic (exact) mass is 413 g/mol. The lowest BCUT2D eigenvalue weighted by atomic mass is 10.1. The van der Waals surface area contributed by atoms with Crippen LogP contribution in [0, 0.1) is 6.92 Å². The number of nitrogens with zero attached hydrogens (tertiary/aromatic N) is 3. The fraction of sp³-hybridized carbons (Fsp3) is 0.316. The highest BCUT2D eigenvalue weighted by molar-refractivity contribution is 6.33. The number of rotatable bonds is 6. The Morgan fingerprint density at radius 1 is 1.36 bits per heavy atom. The number of esters is 1.